The molecule has 0 amide bonds. The highest BCUT2D eigenvalue weighted by atomic mass is 35.5. The lowest BCUT2D eigenvalue weighted by atomic mass is 10.1. The Kier molecular flexibility index (Phi) is 3.33. The number of hydrogen-bond donors (Lipinski definition) is 1. The molecule has 0 aliphatic carbocycles. The van der Waals surface area contributed by atoms with Crippen LogP contribution in [0.3, 0.4) is 0 Å². The molecule has 0 aliphatic heterocycles. The predicted octanol–water partition coefficient (Wildman–Crippen LogP) is 3.35. The van der Waals surface area contributed by atoms with Gasteiger partial charge in [0.15, 0.2) is 0 Å². The van der Waals surface area contributed by atoms with E-state index in [1.807, 2.05) is 19.1 Å². The topological polar surface area (TPSA) is 38.9 Å². The third kappa shape index (κ3) is 2.14. The van der Waals surface area contributed by atoms with Gasteiger partial charge in [-0.3, -0.25) is 4.98 Å². The van der Waals surface area contributed by atoms with Crippen LogP contribution in [-0.2, 0) is 6.42 Å². The zero-order valence-corrected chi connectivity index (χ0v) is 10.4. The largest absolute Gasteiger partial charge is 0.330 e. The van der Waals surface area contributed by atoms with Crippen molar-refractivity contribution in [2.75, 3.05) is 6.54 Å². The van der Waals surface area contributed by atoms with Gasteiger partial charge in [-0.1, -0.05) is 23.2 Å². The van der Waals surface area contributed by atoms with E-state index in [2.05, 4.69) is 4.98 Å². The molecule has 1 aromatic carbocycles. The summed E-state index contributed by atoms with van der Waals surface area (Å²) >= 11 is 12.1. The number of nitrogens with zero attached hydrogens (tertiary/aromatic N) is 1. The third-order valence-corrected chi connectivity index (χ3v) is 3.06. The third-order valence-electron chi connectivity index (χ3n) is 2.53. The van der Waals surface area contributed by atoms with Crippen LogP contribution in [0.15, 0.2) is 18.2 Å². The number of rotatable bonds is 2. The molecule has 0 bridgehead atoms. The number of aryl methyl sites for hydroxylation is 1. The van der Waals surface area contributed by atoms with Crippen LogP contribution in [-0.4, -0.2) is 11.5 Å². The Morgan fingerprint density at radius 2 is 2.00 bits per heavy atom. The fraction of sp³-hybridized carbons (Fsp3) is 0.250. The molecule has 1 aromatic heterocycles. The lowest BCUT2D eigenvalue weighted by molar-refractivity contribution is 0.919. The second-order valence-electron chi connectivity index (χ2n) is 3.74. The van der Waals surface area contributed by atoms with Gasteiger partial charge in [-0.2, -0.15) is 0 Å². The minimum atomic E-state index is 0.591. The molecular formula is C12H12Cl2N2. The molecule has 0 saturated carbocycles. The Labute approximate surface area is 104 Å². The summed E-state index contributed by atoms with van der Waals surface area (Å²) in [6.07, 6.45) is 0.770. The van der Waals surface area contributed by atoms with Gasteiger partial charge in [0.1, 0.15) is 0 Å². The zero-order valence-electron chi connectivity index (χ0n) is 8.93. The van der Waals surface area contributed by atoms with Crippen molar-refractivity contribution in [3.63, 3.8) is 0 Å². The van der Waals surface area contributed by atoms with Crippen molar-refractivity contribution in [3.8, 4) is 0 Å². The summed E-state index contributed by atoms with van der Waals surface area (Å²) in [6.45, 7) is 2.61. The molecular weight excluding hydrogens is 243 g/mol. The first kappa shape index (κ1) is 11.6. The van der Waals surface area contributed by atoms with Gasteiger partial charge in [-0.25, -0.2) is 0 Å². The lowest BCUT2D eigenvalue weighted by Crippen LogP contribution is -2.06. The molecule has 16 heavy (non-hydrogen) atoms. The van der Waals surface area contributed by atoms with Crippen LogP contribution in [0, 0.1) is 6.92 Å². The summed E-state index contributed by atoms with van der Waals surface area (Å²) in [5.74, 6) is 0. The van der Waals surface area contributed by atoms with Gasteiger partial charge in [-0.05, 0) is 37.2 Å². The Morgan fingerprint density at radius 1 is 1.25 bits per heavy atom. The standard InChI is InChI=1S/C12H12Cl2N2/c1-7-4-9-10(14)5-8(13)6-12(9)16-11(7)2-3-15/h4-6H,2-3,15H2,1H3. The monoisotopic (exact) mass is 254 g/mol. The summed E-state index contributed by atoms with van der Waals surface area (Å²) in [7, 11) is 0. The van der Waals surface area contributed by atoms with Crippen molar-refractivity contribution < 1.29 is 0 Å². The van der Waals surface area contributed by atoms with E-state index in [0.29, 0.717) is 16.6 Å². The van der Waals surface area contributed by atoms with E-state index in [-0.39, 0.29) is 0 Å². The molecule has 2 nitrogen and oxygen atoms in total. The van der Waals surface area contributed by atoms with Crippen molar-refractivity contribution in [3.05, 3.63) is 39.5 Å². The Hall–Kier alpha value is -0.830. The number of halogens is 2. The number of aromatic nitrogens is 1. The highest BCUT2D eigenvalue weighted by Crippen LogP contribution is 2.28. The van der Waals surface area contributed by atoms with Crippen molar-refractivity contribution in [1.29, 1.82) is 0 Å². The lowest BCUT2D eigenvalue weighted by Gasteiger charge is -2.07. The quantitative estimate of drug-likeness (QED) is 0.893. The summed E-state index contributed by atoms with van der Waals surface area (Å²) in [6, 6.07) is 5.59. The van der Waals surface area contributed by atoms with Gasteiger partial charge in [0.25, 0.3) is 0 Å². The van der Waals surface area contributed by atoms with Crippen LogP contribution >= 0.6 is 23.2 Å². The fourth-order valence-corrected chi connectivity index (χ4v) is 2.27. The van der Waals surface area contributed by atoms with E-state index >= 15 is 0 Å². The molecule has 2 rings (SSSR count). The Morgan fingerprint density at radius 3 is 2.69 bits per heavy atom. The van der Waals surface area contributed by atoms with Gasteiger partial charge in [-0.15, -0.1) is 0 Å². The molecule has 0 spiro atoms. The van der Waals surface area contributed by atoms with Crippen molar-refractivity contribution in [1.82, 2.24) is 4.98 Å². The minimum absolute atomic E-state index is 0.591. The van der Waals surface area contributed by atoms with Gasteiger partial charge < -0.3 is 5.73 Å². The van der Waals surface area contributed by atoms with Gasteiger partial charge in [0.05, 0.1) is 10.5 Å². The van der Waals surface area contributed by atoms with Crippen LogP contribution < -0.4 is 5.73 Å². The molecule has 0 saturated heterocycles. The molecule has 84 valence electrons. The molecule has 1 heterocycles. The SMILES string of the molecule is Cc1cc2c(Cl)cc(Cl)cc2nc1CCN. The number of nitrogens with two attached hydrogens (primary N) is 1. The second-order valence-corrected chi connectivity index (χ2v) is 4.59. The maximum Gasteiger partial charge on any atom is 0.0735 e. The Balaban J connectivity index is 2.69. The van der Waals surface area contributed by atoms with Crippen molar-refractivity contribution in [2.24, 2.45) is 5.73 Å². The molecule has 0 radical (unpaired) electrons. The molecule has 2 N–H and O–H groups in total. The highest BCUT2D eigenvalue weighted by molar-refractivity contribution is 6.38. The van der Waals surface area contributed by atoms with Crippen LogP contribution in [0.4, 0.5) is 0 Å². The number of benzene rings is 1. The van der Waals surface area contributed by atoms with Gasteiger partial charge >= 0.3 is 0 Å². The molecule has 0 unspecified atom stereocenters. The first-order valence-corrected chi connectivity index (χ1v) is 5.82. The highest BCUT2D eigenvalue weighted by Gasteiger charge is 2.07. The average molecular weight is 255 g/mol. The number of hydrogen-bond acceptors (Lipinski definition) is 2. The van der Waals surface area contributed by atoms with Crippen LogP contribution in [0.5, 0.6) is 0 Å². The fourth-order valence-electron chi connectivity index (χ4n) is 1.73. The predicted molar refractivity (Wildman–Crippen MR) is 69.3 cm³/mol. The maximum atomic E-state index is 6.11. The number of fused-ring (bicyclic) bond motifs is 1. The molecule has 2 aromatic rings. The molecule has 0 aliphatic rings. The van der Waals surface area contributed by atoms with Gasteiger partial charge in [0.2, 0.25) is 0 Å². The van der Waals surface area contributed by atoms with E-state index < -0.39 is 0 Å². The van der Waals surface area contributed by atoms with Crippen molar-refractivity contribution >= 4 is 34.1 Å². The summed E-state index contributed by atoms with van der Waals surface area (Å²) in [4.78, 5) is 4.54. The minimum Gasteiger partial charge on any atom is -0.330 e. The van der Waals surface area contributed by atoms with E-state index in [4.69, 9.17) is 28.9 Å². The zero-order chi connectivity index (χ0) is 11.7. The summed E-state index contributed by atoms with van der Waals surface area (Å²) < 4.78 is 0. The second kappa shape index (κ2) is 4.58. The summed E-state index contributed by atoms with van der Waals surface area (Å²) in [5.41, 5.74) is 8.49. The van der Waals surface area contributed by atoms with E-state index in [9.17, 15) is 0 Å². The van der Waals surface area contributed by atoms with E-state index in [0.717, 1.165) is 28.6 Å². The molecule has 0 fully saturated rings. The van der Waals surface area contributed by atoms with E-state index in [1.54, 1.807) is 6.07 Å². The van der Waals surface area contributed by atoms with Crippen LogP contribution in [0.25, 0.3) is 10.9 Å². The maximum absolute atomic E-state index is 6.11. The van der Waals surface area contributed by atoms with Crippen molar-refractivity contribution in [2.45, 2.75) is 13.3 Å². The average Bonchev–Trinajstić information content (AvgIpc) is 2.21. The van der Waals surface area contributed by atoms with Crippen LogP contribution in [0.2, 0.25) is 10.0 Å². The smallest absolute Gasteiger partial charge is 0.0735 e. The first-order valence-electron chi connectivity index (χ1n) is 5.07. The molecule has 0 atom stereocenters. The molecule has 4 heteroatoms. The first-order chi connectivity index (χ1) is 7.61. The Bertz CT molecular complexity index is 538. The summed E-state index contributed by atoms with van der Waals surface area (Å²) in [5, 5.41) is 2.18. The normalized spacial score (nSPS) is 11.0. The van der Waals surface area contributed by atoms with E-state index in [1.165, 1.54) is 0 Å². The number of pyridine rings is 1. The van der Waals surface area contributed by atoms with Crippen LogP contribution in [0.1, 0.15) is 11.3 Å². The van der Waals surface area contributed by atoms with Gasteiger partial charge in [0, 0.05) is 22.5 Å².